The van der Waals surface area contributed by atoms with Gasteiger partial charge in [-0.25, -0.2) is 0 Å². The summed E-state index contributed by atoms with van der Waals surface area (Å²) in [5.74, 6) is 0. The summed E-state index contributed by atoms with van der Waals surface area (Å²) in [6.07, 6.45) is 7.60. The van der Waals surface area contributed by atoms with Crippen LogP contribution in [0.25, 0.3) is 0 Å². The van der Waals surface area contributed by atoms with Crippen LogP contribution in [0.2, 0.25) is 0 Å². The van der Waals surface area contributed by atoms with E-state index >= 15 is 0 Å². The summed E-state index contributed by atoms with van der Waals surface area (Å²) in [5.41, 5.74) is 0. The molecule has 0 fully saturated rings. The smallest absolute Gasteiger partial charge is 0 e. The molecule has 6 aromatic rings. The molecule has 0 aromatic heterocycles. The molecule has 2 unspecified atom stereocenters. The van der Waals surface area contributed by atoms with Crippen LogP contribution in [0.1, 0.15) is 0 Å². The van der Waals surface area contributed by atoms with E-state index in [-0.39, 0.29) is 49.0 Å². The molecular formula is C45H42CrO3P4. The fraction of sp³-hybridized carbons (Fsp3) is 0.133. The molecular weight excluding hydrogens is 764 g/mol. The minimum Gasteiger partial charge on any atom is -0.0746 e. The third kappa shape index (κ3) is 15.2. The predicted molar refractivity (Wildman–Crippen MR) is 225 cm³/mol. The number of hydrogen-bond acceptors (Lipinski definition) is 0. The fourth-order valence-corrected chi connectivity index (χ4v) is 17.8. The van der Waals surface area contributed by atoms with Gasteiger partial charge in [-0.05, 0) is 84.6 Å². The van der Waals surface area contributed by atoms with E-state index in [9.17, 15) is 0 Å². The van der Waals surface area contributed by atoms with Crippen molar-refractivity contribution in [2.24, 2.45) is 0 Å². The van der Waals surface area contributed by atoms with Crippen molar-refractivity contribution < 1.29 is 31.3 Å². The Kier molecular flexibility index (Phi) is 24.5. The Morgan fingerprint density at radius 1 is 0.264 bits per heavy atom. The van der Waals surface area contributed by atoms with Crippen molar-refractivity contribution in [2.75, 3.05) is 37.0 Å². The molecule has 8 heteroatoms. The second-order valence-electron chi connectivity index (χ2n) is 11.3. The first kappa shape index (κ1) is 45.9. The van der Waals surface area contributed by atoms with Crippen molar-refractivity contribution in [1.82, 2.24) is 0 Å². The van der Waals surface area contributed by atoms with Crippen molar-refractivity contribution in [3.8, 4) is 0 Å². The van der Waals surface area contributed by atoms with Crippen LogP contribution in [0.15, 0.2) is 182 Å². The Bertz CT molecular complexity index is 1620. The molecule has 0 heterocycles. The summed E-state index contributed by atoms with van der Waals surface area (Å²) < 4.78 is 22.5. The maximum Gasteiger partial charge on any atom is 0 e. The summed E-state index contributed by atoms with van der Waals surface area (Å²) in [4.78, 5) is 0. The average molecular weight is 807 g/mol. The molecule has 0 N–H and O–H groups in total. The number of hydrogen-bond donors (Lipinski definition) is 0. The molecule has 3 nitrogen and oxygen atoms in total. The molecule has 0 aliphatic heterocycles. The van der Waals surface area contributed by atoms with E-state index in [1.54, 1.807) is 10.6 Å². The Hall–Kier alpha value is -3.21. The maximum atomic E-state index is 7.50. The van der Waals surface area contributed by atoms with Crippen LogP contribution < -0.4 is 31.8 Å². The summed E-state index contributed by atoms with van der Waals surface area (Å²) in [6, 6.07) is 67.9. The van der Waals surface area contributed by atoms with Gasteiger partial charge in [-0.3, -0.25) is 0 Å². The first-order valence-electron chi connectivity index (χ1n) is 16.8. The van der Waals surface area contributed by atoms with Crippen molar-refractivity contribution in [2.45, 2.75) is 0 Å². The van der Waals surface area contributed by atoms with Gasteiger partial charge in [0.15, 0.2) is 0 Å². The standard InChI is InChI=1S/C42H42P4.3CO.Cr/c1-7-19-37(20-8-1)43(33-35-45(39-23-11-3-12-24-39)40-25-13-4-14-26-40)31-32-44(38-21-9-2-10-22-38)34-36-46(41-27-15-5-16-28-41)42-29-17-6-18-30-42;3*1-2;/h1-30H,31-36H2;;;;. The summed E-state index contributed by atoms with van der Waals surface area (Å²) in [6.45, 7) is 13.5. The van der Waals surface area contributed by atoms with Crippen molar-refractivity contribution >= 4 is 63.5 Å². The minimum absolute atomic E-state index is 0. The molecule has 0 radical (unpaired) electrons. The van der Waals surface area contributed by atoms with Crippen molar-refractivity contribution in [1.29, 1.82) is 0 Å². The van der Waals surface area contributed by atoms with Crippen LogP contribution in [0.5, 0.6) is 0 Å². The summed E-state index contributed by atoms with van der Waals surface area (Å²) in [5, 5.41) is 9.10. The van der Waals surface area contributed by atoms with Crippen LogP contribution in [0.3, 0.4) is 0 Å². The van der Waals surface area contributed by atoms with Crippen molar-refractivity contribution in [3.05, 3.63) is 202 Å². The van der Waals surface area contributed by atoms with E-state index in [2.05, 4.69) is 202 Å². The molecule has 6 rings (SSSR count). The molecule has 53 heavy (non-hydrogen) atoms. The number of rotatable bonds is 15. The fourth-order valence-electron chi connectivity index (χ4n) is 5.95. The van der Waals surface area contributed by atoms with Crippen LogP contribution in [-0.4, -0.2) is 37.0 Å². The van der Waals surface area contributed by atoms with Crippen molar-refractivity contribution in [3.63, 3.8) is 0 Å². The van der Waals surface area contributed by atoms with E-state index in [0.717, 1.165) is 0 Å². The van der Waals surface area contributed by atoms with Gasteiger partial charge in [-0.15, -0.1) is 0 Å². The van der Waals surface area contributed by atoms with Gasteiger partial charge in [0.2, 0.25) is 0 Å². The third-order valence-electron chi connectivity index (χ3n) is 8.34. The second-order valence-corrected chi connectivity index (χ2v) is 20.9. The molecule has 2 atom stereocenters. The quantitative estimate of drug-likeness (QED) is 0.0567. The molecule has 0 aliphatic carbocycles. The topological polar surface area (TPSA) is 59.7 Å². The SMILES string of the molecule is [C-]#[O+].[C-]#[O+].[C-]#[O+].[Cr].c1ccc(P(CCP(CCP(c2ccccc2)c2ccccc2)c2ccccc2)CCP(c2ccccc2)c2ccccc2)cc1. The molecule has 0 bridgehead atoms. The number of benzene rings is 6. The predicted octanol–water partition coefficient (Wildman–Crippen LogP) is 8.75. The van der Waals surface area contributed by atoms with Gasteiger partial charge >= 0.3 is 33.9 Å². The molecule has 266 valence electrons. The van der Waals surface area contributed by atoms with E-state index in [4.69, 9.17) is 14.0 Å². The van der Waals surface area contributed by atoms with E-state index in [0.29, 0.717) is 0 Å². The first-order chi connectivity index (χ1) is 25.8. The minimum atomic E-state index is -0.386. The van der Waals surface area contributed by atoms with E-state index in [1.165, 1.54) is 58.2 Å². The van der Waals surface area contributed by atoms with Crippen LogP contribution in [-0.2, 0) is 31.3 Å². The van der Waals surface area contributed by atoms with E-state index in [1.807, 2.05) is 0 Å². The van der Waals surface area contributed by atoms with Crippen LogP contribution in [0, 0.1) is 20.0 Å². The zero-order valence-electron chi connectivity index (χ0n) is 29.5. The van der Waals surface area contributed by atoms with E-state index < -0.39 is 0 Å². The molecule has 0 aliphatic rings. The summed E-state index contributed by atoms with van der Waals surface area (Å²) in [7, 11) is -1.31. The largest absolute Gasteiger partial charge is 0.0746 e. The normalized spacial score (nSPS) is 11.1. The Balaban J connectivity index is 0.00000132. The van der Waals surface area contributed by atoms with Gasteiger partial charge < -0.3 is 0 Å². The molecule has 0 amide bonds. The third-order valence-corrected chi connectivity index (χ3v) is 19.5. The monoisotopic (exact) mass is 806 g/mol. The van der Waals surface area contributed by atoms with Gasteiger partial charge in [0, 0.05) is 17.4 Å². The van der Waals surface area contributed by atoms with Gasteiger partial charge in [0.25, 0.3) is 0 Å². The zero-order chi connectivity index (χ0) is 37.2. The van der Waals surface area contributed by atoms with Gasteiger partial charge in [-0.1, -0.05) is 198 Å². The Morgan fingerprint density at radius 3 is 0.642 bits per heavy atom. The maximum absolute atomic E-state index is 7.50. The molecule has 0 saturated carbocycles. The van der Waals surface area contributed by atoms with Crippen LogP contribution >= 0.6 is 31.7 Å². The zero-order valence-corrected chi connectivity index (χ0v) is 34.3. The van der Waals surface area contributed by atoms with Gasteiger partial charge in [0.1, 0.15) is 0 Å². The Morgan fingerprint density at radius 2 is 0.434 bits per heavy atom. The Labute approximate surface area is 332 Å². The van der Waals surface area contributed by atoms with Gasteiger partial charge in [-0.2, -0.15) is 0 Å². The average Bonchev–Trinajstić information content (AvgIpc) is 3.25. The van der Waals surface area contributed by atoms with Crippen LogP contribution in [0.4, 0.5) is 0 Å². The molecule has 6 aromatic carbocycles. The first-order valence-corrected chi connectivity index (χ1v) is 23.3. The van der Waals surface area contributed by atoms with Gasteiger partial charge in [0.05, 0.1) is 0 Å². The summed E-state index contributed by atoms with van der Waals surface area (Å²) >= 11 is 0. The molecule has 0 spiro atoms. The second kappa shape index (κ2) is 28.3. The molecule has 0 saturated heterocycles.